The molecule has 1 aromatic carbocycles. The number of H-pyrrole nitrogens is 1. The zero-order valence-corrected chi connectivity index (χ0v) is 17.8. The smallest absolute Gasteiger partial charge is 0.265 e. The Labute approximate surface area is 175 Å². The molecule has 0 aliphatic carbocycles. The molecule has 0 unspecified atom stereocenters. The first-order valence-electron chi connectivity index (χ1n) is 9.94. The van der Waals surface area contributed by atoms with Gasteiger partial charge in [0.1, 0.15) is 16.3 Å². The summed E-state index contributed by atoms with van der Waals surface area (Å²) in [7, 11) is -3.86. The number of hydrogen-bond acceptors (Lipinski definition) is 5. The molecule has 0 bridgehead atoms. The number of nitrogens with zero attached hydrogens (tertiary/aromatic N) is 2. The van der Waals surface area contributed by atoms with E-state index in [1.807, 2.05) is 19.1 Å². The molecule has 1 aliphatic rings. The summed E-state index contributed by atoms with van der Waals surface area (Å²) in [5.41, 5.74) is 2.27. The zero-order chi connectivity index (χ0) is 21.3. The highest BCUT2D eigenvalue weighted by Crippen LogP contribution is 2.31. The molecule has 4 rings (SSSR count). The average Bonchev–Trinajstić information content (AvgIpc) is 3.47. The van der Waals surface area contributed by atoms with Crippen molar-refractivity contribution in [2.75, 3.05) is 17.8 Å². The number of amides is 1. The van der Waals surface area contributed by atoms with Gasteiger partial charge in [-0.25, -0.2) is 8.42 Å². The second kappa shape index (κ2) is 7.98. The molecule has 1 aliphatic heterocycles. The van der Waals surface area contributed by atoms with Crippen LogP contribution < -0.4 is 4.72 Å². The van der Waals surface area contributed by atoms with Crippen LogP contribution in [0.1, 0.15) is 41.4 Å². The molecule has 0 atom stereocenters. The SMILES string of the molecule is CCc1cccc(NS(=O)(=O)c2cc(-c3[nH]ncc3C(=O)N3CCCC3)oc2C)c1. The molecule has 0 spiro atoms. The molecule has 2 aromatic heterocycles. The van der Waals surface area contributed by atoms with Crippen LogP contribution in [0.15, 0.2) is 45.8 Å². The fraction of sp³-hybridized carbons (Fsp3) is 0.333. The first kappa shape index (κ1) is 20.2. The summed E-state index contributed by atoms with van der Waals surface area (Å²) < 4.78 is 34.2. The fourth-order valence-electron chi connectivity index (χ4n) is 3.65. The molecular weight excluding hydrogens is 404 g/mol. The number of aromatic nitrogens is 2. The third kappa shape index (κ3) is 3.85. The number of hydrogen-bond donors (Lipinski definition) is 2. The lowest BCUT2D eigenvalue weighted by Gasteiger charge is -2.14. The van der Waals surface area contributed by atoms with E-state index in [1.165, 1.54) is 12.3 Å². The Balaban J connectivity index is 1.64. The van der Waals surface area contributed by atoms with Crippen LogP contribution in [0.4, 0.5) is 5.69 Å². The van der Waals surface area contributed by atoms with E-state index in [-0.39, 0.29) is 22.3 Å². The van der Waals surface area contributed by atoms with Crippen LogP contribution in [-0.2, 0) is 16.4 Å². The van der Waals surface area contributed by atoms with E-state index in [1.54, 1.807) is 24.0 Å². The van der Waals surface area contributed by atoms with Gasteiger partial charge < -0.3 is 9.32 Å². The molecule has 0 radical (unpaired) electrons. The molecule has 3 heterocycles. The molecule has 1 saturated heterocycles. The third-order valence-electron chi connectivity index (χ3n) is 5.26. The van der Waals surface area contributed by atoms with E-state index >= 15 is 0 Å². The van der Waals surface area contributed by atoms with Crippen LogP contribution in [0.5, 0.6) is 0 Å². The van der Waals surface area contributed by atoms with Gasteiger partial charge in [0.2, 0.25) is 0 Å². The Morgan fingerprint density at radius 3 is 2.77 bits per heavy atom. The highest BCUT2D eigenvalue weighted by Gasteiger charge is 2.28. The minimum absolute atomic E-state index is 0.0218. The number of nitrogens with one attached hydrogen (secondary N) is 2. The highest BCUT2D eigenvalue weighted by atomic mass is 32.2. The van der Waals surface area contributed by atoms with Gasteiger partial charge in [-0.15, -0.1) is 0 Å². The van der Waals surface area contributed by atoms with Crippen molar-refractivity contribution >= 4 is 21.6 Å². The molecule has 2 N–H and O–H groups in total. The molecule has 1 fully saturated rings. The second-order valence-corrected chi connectivity index (χ2v) is 9.00. The van der Waals surface area contributed by atoms with Gasteiger partial charge in [0.05, 0.1) is 11.8 Å². The van der Waals surface area contributed by atoms with Gasteiger partial charge in [-0.3, -0.25) is 14.6 Å². The summed E-state index contributed by atoms with van der Waals surface area (Å²) in [6, 6.07) is 8.68. The normalized spacial score (nSPS) is 14.3. The van der Waals surface area contributed by atoms with Crippen LogP contribution in [0.2, 0.25) is 0 Å². The lowest BCUT2D eigenvalue weighted by molar-refractivity contribution is 0.0793. The Bertz CT molecular complexity index is 1170. The van der Waals surface area contributed by atoms with E-state index in [4.69, 9.17) is 4.42 Å². The predicted octanol–water partition coefficient (Wildman–Crippen LogP) is 3.58. The molecule has 1 amide bonds. The monoisotopic (exact) mass is 428 g/mol. The van der Waals surface area contributed by atoms with E-state index in [0.717, 1.165) is 24.8 Å². The van der Waals surface area contributed by atoms with Crippen LogP contribution in [-0.4, -0.2) is 42.5 Å². The Morgan fingerprint density at radius 2 is 2.03 bits per heavy atom. The van der Waals surface area contributed by atoms with Crippen molar-refractivity contribution in [2.45, 2.75) is 38.0 Å². The van der Waals surface area contributed by atoms with Gasteiger partial charge in [0, 0.05) is 24.8 Å². The summed E-state index contributed by atoms with van der Waals surface area (Å²) in [4.78, 5) is 14.6. The number of furan rings is 1. The van der Waals surface area contributed by atoms with Crippen molar-refractivity contribution in [1.29, 1.82) is 0 Å². The largest absolute Gasteiger partial charge is 0.458 e. The van der Waals surface area contributed by atoms with Crippen LogP contribution in [0.3, 0.4) is 0 Å². The minimum Gasteiger partial charge on any atom is -0.458 e. The number of rotatable bonds is 6. The van der Waals surface area contributed by atoms with Crippen molar-refractivity contribution < 1.29 is 17.6 Å². The number of sulfonamides is 1. The molecule has 0 saturated carbocycles. The third-order valence-corrected chi connectivity index (χ3v) is 6.75. The van der Waals surface area contributed by atoms with E-state index in [0.29, 0.717) is 30.0 Å². The quantitative estimate of drug-likeness (QED) is 0.624. The van der Waals surface area contributed by atoms with Gasteiger partial charge >= 0.3 is 0 Å². The maximum Gasteiger partial charge on any atom is 0.265 e. The number of anilines is 1. The Hall–Kier alpha value is -3.07. The van der Waals surface area contributed by atoms with Crippen LogP contribution in [0.25, 0.3) is 11.5 Å². The van der Waals surface area contributed by atoms with Gasteiger partial charge in [-0.1, -0.05) is 19.1 Å². The molecule has 30 heavy (non-hydrogen) atoms. The minimum atomic E-state index is -3.86. The lowest BCUT2D eigenvalue weighted by atomic mass is 10.1. The van der Waals surface area contributed by atoms with Crippen molar-refractivity contribution in [2.24, 2.45) is 0 Å². The average molecular weight is 429 g/mol. The second-order valence-electron chi connectivity index (χ2n) is 7.35. The first-order chi connectivity index (χ1) is 14.4. The summed E-state index contributed by atoms with van der Waals surface area (Å²) in [5.74, 6) is 0.359. The summed E-state index contributed by atoms with van der Waals surface area (Å²) in [6.45, 7) is 5.01. The van der Waals surface area contributed by atoms with Crippen molar-refractivity contribution in [3.63, 3.8) is 0 Å². The number of carbonyl (C=O) groups excluding carboxylic acids is 1. The molecule has 8 nitrogen and oxygen atoms in total. The summed E-state index contributed by atoms with van der Waals surface area (Å²) in [5, 5.41) is 6.76. The van der Waals surface area contributed by atoms with E-state index < -0.39 is 10.0 Å². The Kier molecular flexibility index (Phi) is 5.38. The van der Waals surface area contributed by atoms with Gasteiger partial charge in [-0.2, -0.15) is 5.10 Å². The van der Waals surface area contributed by atoms with Crippen molar-refractivity contribution in [3.05, 3.63) is 53.4 Å². The number of likely N-dealkylation sites (tertiary alicyclic amines) is 1. The summed E-state index contributed by atoms with van der Waals surface area (Å²) >= 11 is 0. The van der Waals surface area contributed by atoms with Crippen LogP contribution in [0, 0.1) is 6.92 Å². The lowest BCUT2D eigenvalue weighted by Crippen LogP contribution is -2.27. The van der Waals surface area contributed by atoms with Gasteiger partial charge in [0.25, 0.3) is 15.9 Å². The molecular formula is C21H24N4O4S. The highest BCUT2D eigenvalue weighted by molar-refractivity contribution is 7.92. The molecule has 158 valence electrons. The first-order valence-corrected chi connectivity index (χ1v) is 11.4. The standard InChI is InChI=1S/C21H24N4O4S/c1-3-15-7-6-8-16(11-15)24-30(27,28)19-12-18(29-14(19)2)20-17(13-22-23-20)21(26)25-9-4-5-10-25/h6-8,11-13,24H,3-5,9-10H2,1-2H3,(H,22,23). The maximum atomic E-state index is 13.0. The van der Waals surface area contributed by atoms with Crippen molar-refractivity contribution in [3.8, 4) is 11.5 Å². The van der Waals surface area contributed by atoms with Gasteiger partial charge in [0.15, 0.2) is 5.76 Å². The fourth-order valence-corrected chi connectivity index (χ4v) is 4.88. The topological polar surface area (TPSA) is 108 Å². The van der Waals surface area contributed by atoms with Crippen LogP contribution >= 0.6 is 0 Å². The van der Waals surface area contributed by atoms with E-state index in [2.05, 4.69) is 14.9 Å². The van der Waals surface area contributed by atoms with Crippen molar-refractivity contribution in [1.82, 2.24) is 15.1 Å². The van der Waals surface area contributed by atoms with Gasteiger partial charge in [-0.05, 0) is 43.9 Å². The molecule has 9 heteroatoms. The van der Waals surface area contributed by atoms with E-state index in [9.17, 15) is 13.2 Å². The number of benzene rings is 1. The predicted molar refractivity (Wildman–Crippen MR) is 113 cm³/mol. The molecule has 3 aromatic rings. The summed E-state index contributed by atoms with van der Waals surface area (Å²) in [6.07, 6.45) is 4.22. The number of carbonyl (C=O) groups is 1. The maximum absolute atomic E-state index is 13.0. The number of aromatic amines is 1. The Morgan fingerprint density at radius 1 is 1.27 bits per heavy atom. The zero-order valence-electron chi connectivity index (χ0n) is 16.9. The number of aryl methyl sites for hydroxylation is 2.